The number of rotatable bonds is 8. The maximum atomic E-state index is 12.3. The van der Waals surface area contributed by atoms with Crippen molar-refractivity contribution in [3.63, 3.8) is 0 Å². The second-order valence-corrected chi connectivity index (χ2v) is 7.48. The summed E-state index contributed by atoms with van der Waals surface area (Å²) in [5.41, 5.74) is 0.733. The third-order valence-electron chi connectivity index (χ3n) is 3.75. The Morgan fingerprint density at radius 1 is 1.27 bits per heavy atom. The lowest BCUT2D eigenvalue weighted by atomic mass is 10.2. The molecule has 0 saturated heterocycles. The average molecular weight is 390 g/mol. The number of thioether (sulfide) groups is 1. The SMILES string of the molecule is CSCCC(NC(=O)CNC(=O)c1cccs1)c1nnc2ccccn12. The molecule has 0 bridgehead atoms. The predicted molar refractivity (Wildman–Crippen MR) is 104 cm³/mol. The lowest BCUT2D eigenvalue weighted by Gasteiger charge is -2.17. The third-order valence-corrected chi connectivity index (χ3v) is 5.26. The second-order valence-electron chi connectivity index (χ2n) is 5.55. The van der Waals surface area contributed by atoms with Gasteiger partial charge in [-0.1, -0.05) is 12.1 Å². The molecule has 0 fully saturated rings. The van der Waals surface area contributed by atoms with E-state index in [0.29, 0.717) is 10.7 Å². The zero-order chi connectivity index (χ0) is 18.4. The fourth-order valence-electron chi connectivity index (χ4n) is 2.50. The largest absolute Gasteiger partial charge is 0.344 e. The summed E-state index contributed by atoms with van der Waals surface area (Å²) in [5.74, 6) is 1.05. The van der Waals surface area contributed by atoms with Crippen molar-refractivity contribution in [1.29, 1.82) is 0 Å². The van der Waals surface area contributed by atoms with E-state index in [1.807, 2.05) is 40.4 Å². The Morgan fingerprint density at radius 2 is 2.15 bits per heavy atom. The molecule has 2 N–H and O–H groups in total. The van der Waals surface area contributed by atoms with Crippen LogP contribution in [0.25, 0.3) is 5.65 Å². The van der Waals surface area contributed by atoms with E-state index in [1.54, 1.807) is 23.9 Å². The van der Waals surface area contributed by atoms with Gasteiger partial charge in [0.15, 0.2) is 11.5 Å². The van der Waals surface area contributed by atoms with Crippen molar-refractivity contribution >= 4 is 40.6 Å². The maximum Gasteiger partial charge on any atom is 0.261 e. The van der Waals surface area contributed by atoms with Gasteiger partial charge in [-0.2, -0.15) is 11.8 Å². The van der Waals surface area contributed by atoms with Crippen molar-refractivity contribution in [1.82, 2.24) is 25.2 Å². The van der Waals surface area contributed by atoms with E-state index in [1.165, 1.54) is 11.3 Å². The number of hydrogen-bond acceptors (Lipinski definition) is 6. The number of carbonyl (C=O) groups is 2. The van der Waals surface area contributed by atoms with Gasteiger partial charge in [0.2, 0.25) is 5.91 Å². The quantitative estimate of drug-likeness (QED) is 0.616. The lowest BCUT2D eigenvalue weighted by molar-refractivity contribution is -0.120. The highest BCUT2D eigenvalue weighted by Gasteiger charge is 2.20. The van der Waals surface area contributed by atoms with Gasteiger partial charge in [0.1, 0.15) is 0 Å². The number of hydrogen-bond donors (Lipinski definition) is 2. The molecule has 3 aromatic rings. The number of fused-ring (bicyclic) bond motifs is 1. The molecule has 0 saturated carbocycles. The maximum absolute atomic E-state index is 12.3. The van der Waals surface area contributed by atoms with Gasteiger partial charge >= 0.3 is 0 Å². The summed E-state index contributed by atoms with van der Waals surface area (Å²) in [6, 6.07) is 8.91. The van der Waals surface area contributed by atoms with Crippen molar-refractivity contribution < 1.29 is 9.59 Å². The topological polar surface area (TPSA) is 88.4 Å². The highest BCUT2D eigenvalue weighted by molar-refractivity contribution is 7.98. The molecule has 0 aromatic carbocycles. The average Bonchev–Trinajstić information content (AvgIpc) is 3.33. The molecule has 26 heavy (non-hydrogen) atoms. The summed E-state index contributed by atoms with van der Waals surface area (Å²) in [4.78, 5) is 24.9. The highest BCUT2D eigenvalue weighted by Crippen LogP contribution is 2.18. The van der Waals surface area contributed by atoms with Crippen LogP contribution in [0.5, 0.6) is 0 Å². The minimum atomic E-state index is -0.272. The van der Waals surface area contributed by atoms with Crippen LogP contribution in [0.3, 0.4) is 0 Å². The molecule has 0 radical (unpaired) electrons. The standard InChI is InChI=1S/C17H19N5O2S2/c1-25-10-7-12(16-21-20-14-6-2-3-8-22(14)16)19-15(23)11-18-17(24)13-5-4-9-26-13/h2-6,8-9,12H,7,10-11H2,1H3,(H,18,24)(H,19,23). The molecular weight excluding hydrogens is 370 g/mol. The van der Waals surface area contributed by atoms with E-state index in [9.17, 15) is 9.59 Å². The van der Waals surface area contributed by atoms with Gasteiger partial charge in [0.25, 0.3) is 5.91 Å². The Balaban J connectivity index is 1.66. The zero-order valence-electron chi connectivity index (χ0n) is 14.2. The molecule has 136 valence electrons. The summed E-state index contributed by atoms with van der Waals surface area (Å²) in [6.07, 6.45) is 4.62. The first-order valence-corrected chi connectivity index (χ1v) is 10.4. The van der Waals surface area contributed by atoms with Gasteiger partial charge in [-0.05, 0) is 42.0 Å². The third kappa shape index (κ3) is 4.41. The minimum absolute atomic E-state index is 0.0801. The smallest absolute Gasteiger partial charge is 0.261 e. The summed E-state index contributed by atoms with van der Waals surface area (Å²) in [6.45, 7) is -0.0801. The van der Waals surface area contributed by atoms with Crippen molar-refractivity contribution in [2.75, 3.05) is 18.6 Å². The Hall–Kier alpha value is -2.39. The fourth-order valence-corrected chi connectivity index (χ4v) is 3.61. The number of nitrogens with one attached hydrogen (secondary N) is 2. The number of amides is 2. The molecule has 0 aliphatic heterocycles. The Morgan fingerprint density at radius 3 is 2.92 bits per heavy atom. The molecule has 9 heteroatoms. The molecule has 2 amide bonds. The van der Waals surface area contributed by atoms with Crippen LogP contribution in [-0.4, -0.2) is 45.0 Å². The molecule has 0 aliphatic rings. The monoisotopic (exact) mass is 389 g/mol. The van der Waals surface area contributed by atoms with Crippen LogP contribution in [0.4, 0.5) is 0 Å². The molecule has 3 heterocycles. The van der Waals surface area contributed by atoms with E-state index in [4.69, 9.17) is 0 Å². The van der Waals surface area contributed by atoms with Gasteiger partial charge in [-0.25, -0.2) is 0 Å². The van der Waals surface area contributed by atoms with Gasteiger partial charge in [0.05, 0.1) is 17.5 Å². The van der Waals surface area contributed by atoms with Crippen LogP contribution in [0.15, 0.2) is 41.9 Å². The molecule has 3 rings (SSSR count). The van der Waals surface area contributed by atoms with Crippen LogP contribution < -0.4 is 10.6 Å². The van der Waals surface area contributed by atoms with Gasteiger partial charge in [-0.3, -0.25) is 14.0 Å². The highest BCUT2D eigenvalue weighted by atomic mass is 32.2. The van der Waals surface area contributed by atoms with Crippen LogP contribution in [0, 0.1) is 0 Å². The molecule has 7 nitrogen and oxygen atoms in total. The summed E-state index contributed by atoms with van der Waals surface area (Å²) < 4.78 is 1.87. The number of aromatic nitrogens is 3. The van der Waals surface area contributed by atoms with E-state index < -0.39 is 0 Å². The lowest BCUT2D eigenvalue weighted by Crippen LogP contribution is -2.39. The Kier molecular flexibility index (Phi) is 6.24. The molecule has 3 aromatic heterocycles. The van der Waals surface area contributed by atoms with Crippen LogP contribution >= 0.6 is 23.1 Å². The summed E-state index contributed by atoms with van der Waals surface area (Å²) >= 11 is 3.04. The van der Waals surface area contributed by atoms with E-state index in [2.05, 4.69) is 20.8 Å². The first-order chi connectivity index (χ1) is 12.7. The van der Waals surface area contributed by atoms with E-state index >= 15 is 0 Å². The normalized spacial score (nSPS) is 12.0. The molecule has 0 spiro atoms. The van der Waals surface area contributed by atoms with E-state index in [0.717, 1.165) is 17.8 Å². The van der Waals surface area contributed by atoms with Crippen molar-refractivity contribution in [2.24, 2.45) is 0 Å². The molecule has 1 unspecified atom stereocenters. The number of thiophene rings is 1. The van der Waals surface area contributed by atoms with Crippen molar-refractivity contribution in [2.45, 2.75) is 12.5 Å². The van der Waals surface area contributed by atoms with Gasteiger partial charge in [0, 0.05) is 6.20 Å². The minimum Gasteiger partial charge on any atom is -0.344 e. The van der Waals surface area contributed by atoms with E-state index in [-0.39, 0.29) is 24.4 Å². The first-order valence-electron chi connectivity index (χ1n) is 8.08. The first kappa shape index (κ1) is 18.4. The van der Waals surface area contributed by atoms with Crippen LogP contribution in [0.1, 0.15) is 28.0 Å². The van der Waals surface area contributed by atoms with Crippen molar-refractivity contribution in [3.8, 4) is 0 Å². The van der Waals surface area contributed by atoms with Crippen molar-refractivity contribution in [3.05, 3.63) is 52.6 Å². The van der Waals surface area contributed by atoms with Crippen LogP contribution in [-0.2, 0) is 4.79 Å². The zero-order valence-corrected chi connectivity index (χ0v) is 15.8. The summed E-state index contributed by atoms with van der Waals surface area (Å²) in [7, 11) is 0. The predicted octanol–water partition coefficient (Wildman–Crippen LogP) is 2.13. The molecular formula is C17H19N5O2S2. The Labute approximate surface area is 159 Å². The van der Waals surface area contributed by atoms with Crippen LogP contribution in [0.2, 0.25) is 0 Å². The number of carbonyl (C=O) groups excluding carboxylic acids is 2. The van der Waals surface area contributed by atoms with Gasteiger partial charge < -0.3 is 10.6 Å². The molecule has 1 atom stereocenters. The Bertz CT molecular complexity index is 878. The molecule has 0 aliphatic carbocycles. The summed E-state index contributed by atoms with van der Waals surface area (Å²) in [5, 5.41) is 15.8. The fraction of sp³-hybridized carbons (Fsp3) is 0.294. The van der Waals surface area contributed by atoms with Gasteiger partial charge in [-0.15, -0.1) is 21.5 Å². The number of nitrogens with zero attached hydrogens (tertiary/aromatic N) is 3. The number of pyridine rings is 1. The second kappa shape index (κ2) is 8.81.